The largest absolute Gasteiger partial charge is 0.483 e. The molecule has 0 radical (unpaired) electrons. The van der Waals surface area contributed by atoms with Crippen molar-refractivity contribution in [3.05, 3.63) is 59.7 Å². The standard InChI is InChI=1S/C22H27N3O4/c1-4-7-20(26)23-17-12-10-16(11-13-17)22(28)25-24-21(27)14-29-19-9-6-5-8-18(19)15(2)3/h5-6,8-13,15H,4,7,14H2,1-3H3,(H,23,26)(H,24,27)(H,25,28). The van der Waals surface area contributed by atoms with Crippen molar-refractivity contribution in [2.24, 2.45) is 0 Å². The first-order chi connectivity index (χ1) is 13.9. The maximum Gasteiger partial charge on any atom is 0.276 e. The van der Waals surface area contributed by atoms with E-state index < -0.39 is 11.8 Å². The summed E-state index contributed by atoms with van der Waals surface area (Å²) in [6.45, 7) is 5.80. The zero-order chi connectivity index (χ0) is 21.2. The minimum Gasteiger partial charge on any atom is -0.483 e. The molecule has 0 atom stereocenters. The summed E-state index contributed by atoms with van der Waals surface area (Å²) >= 11 is 0. The monoisotopic (exact) mass is 397 g/mol. The van der Waals surface area contributed by atoms with Gasteiger partial charge in [-0.3, -0.25) is 25.2 Å². The second-order valence-corrected chi connectivity index (χ2v) is 6.86. The first kappa shape index (κ1) is 21.9. The van der Waals surface area contributed by atoms with Crippen LogP contribution in [0.2, 0.25) is 0 Å². The Bertz CT molecular complexity index is 847. The number of anilines is 1. The summed E-state index contributed by atoms with van der Waals surface area (Å²) < 4.78 is 5.57. The number of rotatable bonds is 8. The van der Waals surface area contributed by atoms with Gasteiger partial charge in [0.05, 0.1) is 0 Å². The molecule has 2 aromatic rings. The minimum atomic E-state index is -0.472. The number of benzene rings is 2. The third-order valence-electron chi connectivity index (χ3n) is 4.12. The molecule has 0 unspecified atom stereocenters. The zero-order valence-corrected chi connectivity index (χ0v) is 17.0. The Labute approximate surface area is 170 Å². The van der Waals surface area contributed by atoms with Crippen molar-refractivity contribution in [3.8, 4) is 5.75 Å². The van der Waals surface area contributed by atoms with Crippen LogP contribution in [-0.4, -0.2) is 24.3 Å². The van der Waals surface area contributed by atoms with Gasteiger partial charge < -0.3 is 10.1 Å². The number of carbonyl (C=O) groups is 3. The van der Waals surface area contributed by atoms with Crippen molar-refractivity contribution in [2.75, 3.05) is 11.9 Å². The summed E-state index contributed by atoms with van der Waals surface area (Å²) in [5.41, 5.74) is 6.65. The lowest BCUT2D eigenvalue weighted by Gasteiger charge is -2.14. The summed E-state index contributed by atoms with van der Waals surface area (Å²) in [4.78, 5) is 35.7. The van der Waals surface area contributed by atoms with Crippen LogP contribution in [0.15, 0.2) is 48.5 Å². The Morgan fingerprint density at radius 2 is 1.62 bits per heavy atom. The van der Waals surface area contributed by atoms with Crippen molar-refractivity contribution in [2.45, 2.75) is 39.5 Å². The van der Waals surface area contributed by atoms with E-state index in [1.807, 2.05) is 45.0 Å². The van der Waals surface area contributed by atoms with Gasteiger partial charge in [0, 0.05) is 17.7 Å². The second-order valence-electron chi connectivity index (χ2n) is 6.86. The SMILES string of the molecule is CCCC(=O)Nc1ccc(C(=O)NNC(=O)COc2ccccc2C(C)C)cc1. The van der Waals surface area contributed by atoms with E-state index in [-0.39, 0.29) is 18.4 Å². The maximum atomic E-state index is 12.1. The van der Waals surface area contributed by atoms with Crippen LogP contribution in [0.5, 0.6) is 5.75 Å². The molecule has 29 heavy (non-hydrogen) atoms. The molecule has 0 aliphatic heterocycles. The Kier molecular flexibility index (Phi) is 8.21. The van der Waals surface area contributed by atoms with Crippen LogP contribution in [0.1, 0.15) is 55.5 Å². The van der Waals surface area contributed by atoms with Crippen molar-refractivity contribution >= 4 is 23.4 Å². The third-order valence-corrected chi connectivity index (χ3v) is 4.12. The van der Waals surface area contributed by atoms with E-state index >= 15 is 0 Å². The molecule has 2 aromatic carbocycles. The van der Waals surface area contributed by atoms with Gasteiger partial charge >= 0.3 is 0 Å². The first-order valence-electron chi connectivity index (χ1n) is 9.61. The molecule has 154 valence electrons. The number of ether oxygens (including phenoxy) is 1. The number of carbonyl (C=O) groups excluding carboxylic acids is 3. The van der Waals surface area contributed by atoms with Crippen molar-refractivity contribution in [3.63, 3.8) is 0 Å². The van der Waals surface area contributed by atoms with Gasteiger partial charge in [-0.2, -0.15) is 0 Å². The minimum absolute atomic E-state index is 0.0731. The molecule has 0 bridgehead atoms. The van der Waals surface area contributed by atoms with Crippen LogP contribution in [0.4, 0.5) is 5.69 Å². The predicted octanol–water partition coefficient (Wildman–Crippen LogP) is 3.39. The average Bonchev–Trinajstić information content (AvgIpc) is 2.71. The van der Waals surface area contributed by atoms with E-state index in [9.17, 15) is 14.4 Å². The molecule has 7 heteroatoms. The van der Waals surface area contributed by atoms with Crippen molar-refractivity contribution in [1.82, 2.24) is 10.9 Å². The van der Waals surface area contributed by atoms with E-state index in [2.05, 4.69) is 16.2 Å². The smallest absolute Gasteiger partial charge is 0.276 e. The highest BCUT2D eigenvalue weighted by Crippen LogP contribution is 2.25. The highest BCUT2D eigenvalue weighted by Gasteiger charge is 2.11. The molecule has 3 amide bonds. The summed E-state index contributed by atoms with van der Waals surface area (Å²) in [5.74, 6) is -0.0999. The third kappa shape index (κ3) is 6.95. The van der Waals surface area contributed by atoms with Gasteiger partial charge in [0.15, 0.2) is 6.61 Å². The molecule has 0 spiro atoms. The molecule has 0 saturated heterocycles. The fraction of sp³-hybridized carbons (Fsp3) is 0.318. The maximum absolute atomic E-state index is 12.1. The summed E-state index contributed by atoms with van der Waals surface area (Å²) in [7, 11) is 0. The van der Waals surface area contributed by atoms with Gasteiger partial charge in [0.2, 0.25) is 5.91 Å². The van der Waals surface area contributed by atoms with Crippen LogP contribution in [0.3, 0.4) is 0 Å². The Balaban J connectivity index is 1.81. The van der Waals surface area contributed by atoms with Gasteiger partial charge in [-0.05, 0) is 48.2 Å². The van der Waals surface area contributed by atoms with Crippen LogP contribution in [-0.2, 0) is 9.59 Å². The normalized spacial score (nSPS) is 10.3. The lowest BCUT2D eigenvalue weighted by molar-refractivity contribution is -0.123. The van der Waals surface area contributed by atoms with Crippen LogP contribution in [0.25, 0.3) is 0 Å². The number of amides is 3. The summed E-state index contributed by atoms with van der Waals surface area (Å²) in [6, 6.07) is 13.9. The van der Waals surface area contributed by atoms with E-state index in [0.29, 0.717) is 23.4 Å². The zero-order valence-electron chi connectivity index (χ0n) is 17.0. The van der Waals surface area contributed by atoms with Crippen molar-refractivity contribution < 1.29 is 19.1 Å². The first-order valence-corrected chi connectivity index (χ1v) is 9.61. The van der Waals surface area contributed by atoms with Gasteiger partial charge in [0.25, 0.3) is 11.8 Å². The number of hydrogen-bond acceptors (Lipinski definition) is 4. The highest BCUT2D eigenvalue weighted by atomic mass is 16.5. The Morgan fingerprint density at radius 1 is 0.931 bits per heavy atom. The molecule has 2 rings (SSSR count). The van der Waals surface area contributed by atoms with Gasteiger partial charge in [0.1, 0.15) is 5.75 Å². The molecule has 0 aliphatic carbocycles. The van der Waals surface area contributed by atoms with Crippen molar-refractivity contribution in [1.29, 1.82) is 0 Å². The number of para-hydroxylation sites is 1. The summed E-state index contributed by atoms with van der Waals surface area (Å²) in [6.07, 6.45) is 1.21. The lowest BCUT2D eigenvalue weighted by atomic mass is 10.0. The molecule has 0 aromatic heterocycles. The predicted molar refractivity (Wildman–Crippen MR) is 112 cm³/mol. The molecule has 0 heterocycles. The highest BCUT2D eigenvalue weighted by molar-refractivity contribution is 5.96. The quantitative estimate of drug-likeness (QED) is 0.595. The van der Waals surface area contributed by atoms with Crippen LogP contribution >= 0.6 is 0 Å². The fourth-order valence-corrected chi connectivity index (χ4v) is 2.62. The average molecular weight is 397 g/mol. The fourth-order valence-electron chi connectivity index (χ4n) is 2.62. The van der Waals surface area contributed by atoms with Gasteiger partial charge in [-0.1, -0.05) is 39.0 Å². The van der Waals surface area contributed by atoms with E-state index in [1.54, 1.807) is 24.3 Å². The molecule has 0 saturated carbocycles. The molecular formula is C22H27N3O4. The molecule has 3 N–H and O–H groups in total. The molecular weight excluding hydrogens is 370 g/mol. The number of nitrogens with one attached hydrogen (secondary N) is 3. The Hall–Kier alpha value is -3.35. The van der Waals surface area contributed by atoms with Crippen LogP contribution < -0.4 is 20.9 Å². The van der Waals surface area contributed by atoms with Crippen LogP contribution in [0, 0.1) is 0 Å². The van der Waals surface area contributed by atoms with E-state index in [0.717, 1.165) is 12.0 Å². The second kappa shape index (κ2) is 10.8. The van der Waals surface area contributed by atoms with E-state index in [1.165, 1.54) is 0 Å². The summed E-state index contributed by atoms with van der Waals surface area (Å²) in [5, 5.41) is 2.75. The lowest BCUT2D eigenvalue weighted by Crippen LogP contribution is -2.43. The number of hydrogen-bond donors (Lipinski definition) is 3. The van der Waals surface area contributed by atoms with Gasteiger partial charge in [-0.25, -0.2) is 0 Å². The van der Waals surface area contributed by atoms with E-state index in [4.69, 9.17) is 4.74 Å². The number of hydrazine groups is 1. The molecule has 7 nitrogen and oxygen atoms in total. The molecule has 0 fully saturated rings. The topological polar surface area (TPSA) is 96.5 Å². The van der Waals surface area contributed by atoms with Gasteiger partial charge in [-0.15, -0.1) is 0 Å². The Morgan fingerprint density at radius 3 is 2.28 bits per heavy atom. The molecule has 0 aliphatic rings.